The van der Waals surface area contributed by atoms with Gasteiger partial charge in [0, 0.05) is 11.1 Å². The molecule has 0 heterocycles. The van der Waals surface area contributed by atoms with E-state index in [-0.39, 0.29) is 12.5 Å². The summed E-state index contributed by atoms with van der Waals surface area (Å²) in [6.45, 7) is 2.32. The van der Waals surface area contributed by atoms with Crippen molar-refractivity contribution in [3.63, 3.8) is 0 Å². The molecule has 0 fully saturated rings. The summed E-state index contributed by atoms with van der Waals surface area (Å²) < 4.78 is 10.8. The van der Waals surface area contributed by atoms with Crippen molar-refractivity contribution in [2.75, 3.05) is 18.5 Å². The normalized spacial score (nSPS) is 10.1. The molecule has 0 saturated heterocycles. The highest BCUT2D eigenvalue weighted by Crippen LogP contribution is 2.25. The smallest absolute Gasteiger partial charge is 0.262 e. The molecule has 1 N–H and O–H groups in total. The number of anilines is 1. The quantitative estimate of drug-likeness (QED) is 0.847. The summed E-state index contributed by atoms with van der Waals surface area (Å²) >= 11 is 11.8. The lowest BCUT2D eigenvalue weighted by atomic mass is 10.3. The molecule has 0 aliphatic rings. The van der Waals surface area contributed by atoms with Gasteiger partial charge in [0.05, 0.1) is 17.3 Å². The summed E-state index contributed by atoms with van der Waals surface area (Å²) in [7, 11) is 0. The van der Waals surface area contributed by atoms with Gasteiger partial charge in [-0.15, -0.1) is 0 Å². The Hall–Kier alpha value is -1.91. The average molecular weight is 340 g/mol. The number of rotatable bonds is 6. The molecule has 2 aromatic rings. The second-order valence-electron chi connectivity index (χ2n) is 4.37. The highest BCUT2D eigenvalue weighted by Gasteiger charge is 2.08. The summed E-state index contributed by atoms with van der Waals surface area (Å²) in [6, 6.07) is 11.9. The Kier molecular flexibility index (Phi) is 5.92. The lowest BCUT2D eigenvalue weighted by molar-refractivity contribution is -0.118. The third-order valence-electron chi connectivity index (χ3n) is 2.69. The third kappa shape index (κ3) is 4.83. The van der Waals surface area contributed by atoms with Crippen LogP contribution >= 0.6 is 23.2 Å². The van der Waals surface area contributed by atoms with Crippen LogP contribution < -0.4 is 14.8 Å². The van der Waals surface area contributed by atoms with E-state index >= 15 is 0 Å². The number of ether oxygens (including phenoxy) is 2. The number of halogens is 2. The van der Waals surface area contributed by atoms with Crippen LogP contribution in [-0.2, 0) is 4.79 Å². The number of amides is 1. The number of hydrogen-bond donors (Lipinski definition) is 1. The molecule has 0 radical (unpaired) electrons. The van der Waals surface area contributed by atoms with Crippen molar-refractivity contribution < 1.29 is 14.3 Å². The van der Waals surface area contributed by atoms with Crippen molar-refractivity contribution in [1.82, 2.24) is 0 Å². The standard InChI is InChI=1S/C16H15Cl2NO3/c1-2-21-12-4-3-5-13(9-12)22-10-16(20)19-15-8-11(17)6-7-14(15)18/h3-9H,2,10H2,1H3,(H,19,20). The van der Waals surface area contributed by atoms with Gasteiger partial charge in [-0.1, -0.05) is 29.3 Å². The molecule has 116 valence electrons. The van der Waals surface area contributed by atoms with Crippen LogP contribution in [0.1, 0.15) is 6.92 Å². The van der Waals surface area contributed by atoms with E-state index in [9.17, 15) is 4.79 Å². The highest BCUT2D eigenvalue weighted by atomic mass is 35.5. The summed E-state index contributed by atoms with van der Waals surface area (Å²) in [4.78, 5) is 11.9. The minimum Gasteiger partial charge on any atom is -0.494 e. The Bertz CT molecular complexity index is 662. The zero-order valence-electron chi connectivity index (χ0n) is 11.9. The molecule has 0 saturated carbocycles. The van der Waals surface area contributed by atoms with Gasteiger partial charge >= 0.3 is 0 Å². The minimum atomic E-state index is -0.328. The zero-order chi connectivity index (χ0) is 15.9. The van der Waals surface area contributed by atoms with Gasteiger partial charge in [-0.05, 0) is 37.3 Å². The molecule has 1 amide bonds. The maximum absolute atomic E-state index is 11.9. The summed E-state index contributed by atoms with van der Waals surface area (Å²) in [5.74, 6) is 0.919. The van der Waals surface area contributed by atoms with Gasteiger partial charge in [-0.25, -0.2) is 0 Å². The molecule has 4 nitrogen and oxygen atoms in total. The van der Waals surface area contributed by atoms with E-state index in [1.165, 1.54) is 0 Å². The highest BCUT2D eigenvalue weighted by molar-refractivity contribution is 6.35. The van der Waals surface area contributed by atoms with E-state index in [1.54, 1.807) is 36.4 Å². The molecule has 2 aromatic carbocycles. The minimum absolute atomic E-state index is 0.140. The number of hydrogen-bond acceptors (Lipinski definition) is 3. The average Bonchev–Trinajstić information content (AvgIpc) is 2.50. The molecule has 6 heteroatoms. The van der Waals surface area contributed by atoms with Crippen LogP contribution in [0.4, 0.5) is 5.69 Å². The summed E-state index contributed by atoms with van der Waals surface area (Å²) in [5.41, 5.74) is 0.450. The first-order valence-electron chi connectivity index (χ1n) is 6.69. The number of nitrogens with one attached hydrogen (secondary N) is 1. The van der Waals surface area contributed by atoms with Crippen LogP contribution in [0.5, 0.6) is 11.5 Å². The van der Waals surface area contributed by atoms with E-state index in [0.717, 1.165) is 0 Å². The Balaban J connectivity index is 1.92. The molecule has 0 aliphatic heterocycles. The maximum Gasteiger partial charge on any atom is 0.262 e. The van der Waals surface area contributed by atoms with Crippen molar-refractivity contribution >= 4 is 34.8 Å². The number of carbonyl (C=O) groups is 1. The van der Waals surface area contributed by atoms with Crippen LogP contribution in [0.3, 0.4) is 0 Å². The van der Waals surface area contributed by atoms with Crippen LogP contribution in [-0.4, -0.2) is 19.1 Å². The third-order valence-corrected chi connectivity index (χ3v) is 3.25. The SMILES string of the molecule is CCOc1cccc(OCC(=O)Nc2cc(Cl)ccc2Cl)c1. The Morgan fingerprint density at radius 2 is 1.82 bits per heavy atom. The first kappa shape index (κ1) is 16.5. The fourth-order valence-corrected chi connectivity index (χ4v) is 2.09. The lowest BCUT2D eigenvalue weighted by Crippen LogP contribution is -2.20. The first-order valence-corrected chi connectivity index (χ1v) is 7.44. The monoisotopic (exact) mass is 339 g/mol. The zero-order valence-corrected chi connectivity index (χ0v) is 13.4. The summed E-state index contributed by atoms with van der Waals surface area (Å²) in [5, 5.41) is 3.55. The second kappa shape index (κ2) is 7.92. The summed E-state index contributed by atoms with van der Waals surface area (Å²) in [6.07, 6.45) is 0. The van der Waals surface area contributed by atoms with Gasteiger partial charge in [-0.3, -0.25) is 4.79 Å². The van der Waals surface area contributed by atoms with Crippen molar-refractivity contribution in [3.05, 3.63) is 52.5 Å². The van der Waals surface area contributed by atoms with Crippen molar-refractivity contribution in [2.45, 2.75) is 6.92 Å². The van der Waals surface area contributed by atoms with E-state index in [0.29, 0.717) is 33.8 Å². The Morgan fingerprint density at radius 3 is 2.55 bits per heavy atom. The molecule has 22 heavy (non-hydrogen) atoms. The molecular weight excluding hydrogens is 325 g/mol. The van der Waals surface area contributed by atoms with Crippen molar-refractivity contribution in [2.24, 2.45) is 0 Å². The van der Waals surface area contributed by atoms with Gasteiger partial charge in [0.15, 0.2) is 6.61 Å². The molecule has 2 rings (SSSR count). The van der Waals surface area contributed by atoms with E-state index in [1.807, 2.05) is 13.0 Å². The van der Waals surface area contributed by atoms with Gasteiger partial charge < -0.3 is 14.8 Å². The van der Waals surface area contributed by atoms with Crippen molar-refractivity contribution in [3.8, 4) is 11.5 Å². The number of benzene rings is 2. The van der Waals surface area contributed by atoms with E-state index in [4.69, 9.17) is 32.7 Å². The number of carbonyl (C=O) groups excluding carboxylic acids is 1. The molecule has 0 aliphatic carbocycles. The predicted molar refractivity (Wildman–Crippen MR) is 88.2 cm³/mol. The molecule has 0 spiro atoms. The molecule has 0 atom stereocenters. The van der Waals surface area contributed by atoms with Gasteiger partial charge in [0.25, 0.3) is 5.91 Å². The molecule has 0 unspecified atom stereocenters. The Labute approximate surface area is 138 Å². The second-order valence-corrected chi connectivity index (χ2v) is 5.21. The lowest BCUT2D eigenvalue weighted by Gasteiger charge is -2.10. The van der Waals surface area contributed by atoms with Crippen molar-refractivity contribution in [1.29, 1.82) is 0 Å². The fourth-order valence-electron chi connectivity index (χ4n) is 1.75. The first-order chi connectivity index (χ1) is 10.6. The maximum atomic E-state index is 11.9. The van der Waals surface area contributed by atoms with Crippen LogP contribution in [0, 0.1) is 0 Å². The van der Waals surface area contributed by atoms with Gasteiger partial charge in [0.2, 0.25) is 0 Å². The Morgan fingerprint density at radius 1 is 1.09 bits per heavy atom. The van der Waals surface area contributed by atoms with Crippen LogP contribution in [0.25, 0.3) is 0 Å². The van der Waals surface area contributed by atoms with Crippen LogP contribution in [0.2, 0.25) is 10.0 Å². The predicted octanol–water partition coefficient (Wildman–Crippen LogP) is 4.41. The van der Waals surface area contributed by atoms with Crippen LogP contribution in [0.15, 0.2) is 42.5 Å². The topological polar surface area (TPSA) is 47.6 Å². The van der Waals surface area contributed by atoms with Gasteiger partial charge in [-0.2, -0.15) is 0 Å². The fraction of sp³-hybridized carbons (Fsp3) is 0.188. The van der Waals surface area contributed by atoms with Gasteiger partial charge in [0.1, 0.15) is 11.5 Å². The van der Waals surface area contributed by atoms with E-state index in [2.05, 4.69) is 5.32 Å². The molecule has 0 bridgehead atoms. The van der Waals surface area contributed by atoms with E-state index < -0.39 is 0 Å². The molecule has 0 aromatic heterocycles. The largest absolute Gasteiger partial charge is 0.494 e. The molecular formula is C16H15Cl2NO3.